The summed E-state index contributed by atoms with van der Waals surface area (Å²) in [6.45, 7) is 0. The van der Waals surface area contributed by atoms with Crippen LogP contribution in [0.3, 0.4) is 0 Å². The number of aliphatic hydroxyl groups excluding tert-OH is 1. The molecule has 0 amide bonds. The molecule has 0 fully saturated rings. The van der Waals surface area contributed by atoms with E-state index in [-0.39, 0.29) is 0 Å². The third kappa shape index (κ3) is 2.46. The zero-order valence-corrected chi connectivity index (χ0v) is 11.1. The van der Waals surface area contributed by atoms with Gasteiger partial charge >= 0.3 is 0 Å². The van der Waals surface area contributed by atoms with Crippen LogP contribution in [0.15, 0.2) is 33.4 Å². The smallest absolute Gasteiger partial charge is 0.123 e. The Morgan fingerprint density at radius 2 is 2.12 bits per heavy atom. The lowest BCUT2D eigenvalue weighted by Crippen LogP contribution is -1.99. The summed E-state index contributed by atoms with van der Waals surface area (Å²) < 4.78 is 14.0. The second kappa shape index (κ2) is 4.84. The molecular formula is C11H7BrClFOS. The standard InChI is InChI=1S/C11H7BrClFOS/c12-10-3-6(5-16-10)11(15)8-4-7(14)1-2-9(8)13/h1-5,11,15H. The highest BCUT2D eigenvalue weighted by atomic mass is 79.9. The molecule has 0 aliphatic carbocycles. The van der Waals surface area contributed by atoms with Crippen LogP contribution in [0.1, 0.15) is 17.2 Å². The summed E-state index contributed by atoms with van der Waals surface area (Å²) in [4.78, 5) is 0. The van der Waals surface area contributed by atoms with E-state index in [0.717, 1.165) is 3.79 Å². The Balaban J connectivity index is 2.40. The zero-order valence-electron chi connectivity index (χ0n) is 7.95. The van der Waals surface area contributed by atoms with Crippen molar-refractivity contribution >= 4 is 38.9 Å². The minimum absolute atomic E-state index is 0.358. The molecule has 0 radical (unpaired) electrons. The molecule has 2 rings (SSSR count). The number of thiophene rings is 1. The molecule has 5 heteroatoms. The predicted octanol–water partition coefficient (Wildman–Crippen LogP) is 4.38. The molecule has 1 aromatic heterocycles. The zero-order chi connectivity index (χ0) is 11.7. The molecule has 0 aliphatic heterocycles. The van der Waals surface area contributed by atoms with Crippen LogP contribution in [0.25, 0.3) is 0 Å². The van der Waals surface area contributed by atoms with Gasteiger partial charge in [-0.15, -0.1) is 11.3 Å². The molecular weight excluding hydrogens is 315 g/mol. The first kappa shape index (κ1) is 12.0. The van der Waals surface area contributed by atoms with Gasteiger partial charge in [-0.25, -0.2) is 4.39 Å². The Labute approximate surface area is 110 Å². The van der Waals surface area contributed by atoms with E-state index in [1.807, 2.05) is 0 Å². The second-order valence-corrected chi connectivity index (χ2v) is 5.95. The van der Waals surface area contributed by atoms with Gasteiger partial charge in [0.15, 0.2) is 0 Å². The maximum Gasteiger partial charge on any atom is 0.123 e. The fourth-order valence-electron chi connectivity index (χ4n) is 1.37. The minimum atomic E-state index is -0.897. The van der Waals surface area contributed by atoms with Crippen molar-refractivity contribution in [3.8, 4) is 0 Å². The fraction of sp³-hybridized carbons (Fsp3) is 0.0909. The van der Waals surface area contributed by atoms with E-state index in [1.54, 1.807) is 11.4 Å². The van der Waals surface area contributed by atoms with E-state index in [9.17, 15) is 9.50 Å². The number of rotatable bonds is 2. The third-order valence-corrected chi connectivity index (χ3v) is 4.02. The summed E-state index contributed by atoms with van der Waals surface area (Å²) in [6, 6.07) is 5.74. The highest BCUT2D eigenvalue weighted by Crippen LogP contribution is 2.32. The third-order valence-electron chi connectivity index (χ3n) is 2.16. The summed E-state index contributed by atoms with van der Waals surface area (Å²) in [7, 11) is 0. The van der Waals surface area contributed by atoms with Gasteiger partial charge in [0.25, 0.3) is 0 Å². The Hall–Kier alpha value is -0.420. The van der Waals surface area contributed by atoms with Gasteiger partial charge in [-0.1, -0.05) is 11.6 Å². The van der Waals surface area contributed by atoms with Gasteiger partial charge in [0, 0.05) is 10.6 Å². The lowest BCUT2D eigenvalue weighted by Gasteiger charge is -2.11. The average Bonchev–Trinajstić information content (AvgIpc) is 2.67. The molecule has 0 bridgehead atoms. The van der Waals surface area contributed by atoms with Crippen molar-refractivity contribution in [1.29, 1.82) is 0 Å². The van der Waals surface area contributed by atoms with Crippen molar-refractivity contribution in [3.63, 3.8) is 0 Å². The highest BCUT2D eigenvalue weighted by molar-refractivity contribution is 9.11. The van der Waals surface area contributed by atoms with Crippen molar-refractivity contribution in [2.45, 2.75) is 6.10 Å². The molecule has 1 heterocycles. The van der Waals surface area contributed by atoms with Crippen molar-refractivity contribution in [1.82, 2.24) is 0 Å². The predicted molar refractivity (Wildman–Crippen MR) is 67.5 cm³/mol. The van der Waals surface area contributed by atoms with Gasteiger partial charge < -0.3 is 5.11 Å². The number of hydrogen-bond donors (Lipinski definition) is 1. The molecule has 84 valence electrons. The van der Waals surface area contributed by atoms with Crippen LogP contribution in [0, 0.1) is 5.82 Å². The van der Waals surface area contributed by atoms with Crippen molar-refractivity contribution in [3.05, 3.63) is 55.4 Å². The summed E-state index contributed by atoms with van der Waals surface area (Å²) in [6.07, 6.45) is -0.897. The molecule has 1 atom stereocenters. The number of aliphatic hydroxyl groups is 1. The van der Waals surface area contributed by atoms with Crippen LogP contribution in [-0.4, -0.2) is 5.11 Å². The summed E-state index contributed by atoms with van der Waals surface area (Å²) in [5.74, 6) is -0.409. The van der Waals surface area contributed by atoms with E-state index in [1.165, 1.54) is 29.5 Å². The average molecular weight is 322 g/mol. The summed E-state index contributed by atoms with van der Waals surface area (Å²) >= 11 is 10.7. The first-order valence-corrected chi connectivity index (χ1v) is 6.50. The van der Waals surface area contributed by atoms with Gasteiger partial charge in [0.1, 0.15) is 11.9 Å². The molecule has 0 saturated heterocycles. The molecule has 0 aliphatic rings. The highest BCUT2D eigenvalue weighted by Gasteiger charge is 2.16. The van der Waals surface area contributed by atoms with E-state index in [0.29, 0.717) is 16.1 Å². The van der Waals surface area contributed by atoms with Crippen molar-refractivity contribution < 1.29 is 9.50 Å². The molecule has 1 unspecified atom stereocenters. The summed E-state index contributed by atoms with van der Waals surface area (Å²) in [5, 5.41) is 12.2. The molecule has 2 aromatic rings. The van der Waals surface area contributed by atoms with Crippen LogP contribution >= 0.6 is 38.9 Å². The molecule has 1 nitrogen and oxygen atoms in total. The lowest BCUT2D eigenvalue weighted by atomic mass is 10.0. The topological polar surface area (TPSA) is 20.2 Å². The van der Waals surface area contributed by atoms with Crippen LogP contribution < -0.4 is 0 Å². The Morgan fingerprint density at radius 1 is 1.38 bits per heavy atom. The molecule has 1 aromatic carbocycles. The van der Waals surface area contributed by atoms with Crippen LogP contribution in [0.5, 0.6) is 0 Å². The van der Waals surface area contributed by atoms with Crippen molar-refractivity contribution in [2.24, 2.45) is 0 Å². The molecule has 16 heavy (non-hydrogen) atoms. The number of benzene rings is 1. The Morgan fingerprint density at radius 3 is 2.75 bits per heavy atom. The second-order valence-electron chi connectivity index (χ2n) is 3.25. The Bertz CT molecular complexity index is 514. The number of hydrogen-bond acceptors (Lipinski definition) is 2. The molecule has 0 saturated carbocycles. The monoisotopic (exact) mass is 320 g/mol. The van der Waals surface area contributed by atoms with E-state index in [4.69, 9.17) is 11.6 Å². The first-order chi connectivity index (χ1) is 7.58. The summed E-state index contributed by atoms with van der Waals surface area (Å²) in [5.41, 5.74) is 1.08. The largest absolute Gasteiger partial charge is 0.384 e. The van der Waals surface area contributed by atoms with E-state index in [2.05, 4.69) is 15.9 Å². The van der Waals surface area contributed by atoms with Gasteiger partial charge in [0.2, 0.25) is 0 Å². The maximum absolute atomic E-state index is 13.1. The first-order valence-electron chi connectivity index (χ1n) is 4.45. The maximum atomic E-state index is 13.1. The van der Waals surface area contributed by atoms with E-state index >= 15 is 0 Å². The molecule has 1 N–H and O–H groups in total. The fourth-order valence-corrected chi connectivity index (χ4v) is 2.79. The minimum Gasteiger partial charge on any atom is -0.384 e. The SMILES string of the molecule is OC(c1csc(Br)c1)c1cc(F)ccc1Cl. The van der Waals surface area contributed by atoms with Gasteiger partial charge in [-0.05, 0) is 51.1 Å². The number of halogens is 3. The normalized spacial score (nSPS) is 12.8. The Kier molecular flexibility index (Phi) is 3.64. The van der Waals surface area contributed by atoms with Crippen molar-refractivity contribution in [2.75, 3.05) is 0 Å². The van der Waals surface area contributed by atoms with Gasteiger partial charge in [-0.2, -0.15) is 0 Å². The lowest BCUT2D eigenvalue weighted by molar-refractivity contribution is 0.220. The van der Waals surface area contributed by atoms with Crippen LogP contribution in [0.4, 0.5) is 4.39 Å². The van der Waals surface area contributed by atoms with Gasteiger partial charge in [0.05, 0.1) is 3.79 Å². The molecule has 0 spiro atoms. The van der Waals surface area contributed by atoms with E-state index < -0.39 is 11.9 Å². The van der Waals surface area contributed by atoms with Gasteiger partial charge in [-0.3, -0.25) is 0 Å². The quantitative estimate of drug-likeness (QED) is 0.870. The van der Waals surface area contributed by atoms with Crippen LogP contribution in [-0.2, 0) is 0 Å². The van der Waals surface area contributed by atoms with Crippen LogP contribution in [0.2, 0.25) is 5.02 Å².